The highest BCUT2D eigenvalue weighted by Crippen LogP contribution is 2.19. The molecule has 1 heterocycles. The number of carbonyl (C=O) groups is 2. The van der Waals surface area contributed by atoms with Crippen LogP contribution in [0.3, 0.4) is 0 Å². The molecule has 0 radical (unpaired) electrons. The molecule has 172 valence electrons. The van der Waals surface area contributed by atoms with Gasteiger partial charge in [-0.05, 0) is 49.2 Å². The molecule has 2 aromatic rings. The molecule has 1 fully saturated rings. The van der Waals surface area contributed by atoms with Gasteiger partial charge in [0.1, 0.15) is 11.5 Å². The second-order valence-electron chi connectivity index (χ2n) is 8.04. The van der Waals surface area contributed by atoms with Gasteiger partial charge in [0.15, 0.2) is 0 Å². The predicted molar refractivity (Wildman–Crippen MR) is 125 cm³/mol. The highest BCUT2D eigenvalue weighted by Gasteiger charge is 2.26. The smallest absolute Gasteiger partial charge is 0.254 e. The number of carbonyl (C=O) groups excluding carboxylic acids is 2. The van der Waals surface area contributed by atoms with Gasteiger partial charge in [0.05, 0.1) is 13.2 Å². The second-order valence-corrected chi connectivity index (χ2v) is 8.04. The number of rotatable bonds is 10. The Labute approximate surface area is 191 Å². The molecular weight excluding hydrogens is 404 g/mol. The summed E-state index contributed by atoms with van der Waals surface area (Å²) in [5, 5.41) is 0. The van der Waals surface area contributed by atoms with Crippen molar-refractivity contribution in [1.82, 2.24) is 9.80 Å². The number of ether oxygens (including phenoxy) is 2. The molecule has 32 heavy (non-hydrogen) atoms. The van der Waals surface area contributed by atoms with Crippen molar-refractivity contribution < 1.29 is 19.1 Å². The van der Waals surface area contributed by atoms with Crippen molar-refractivity contribution >= 4 is 11.8 Å². The van der Waals surface area contributed by atoms with E-state index in [-0.39, 0.29) is 11.8 Å². The van der Waals surface area contributed by atoms with Gasteiger partial charge in [-0.15, -0.1) is 0 Å². The van der Waals surface area contributed by atoms with Crippen molar-refractivity contribution in [3.05, 3.63) is 59.7 Å². The molecule has 0 atom stereocenters. The topological polar surface area (TPSA) is 59.1 Å². The van der Waals surface area contributed by atoms with Gasteiger partial charge in [-0.3, -0.25) is 9.59 Å². The number of hydrogen-bond donors (Lipinski definition) is 0. The first-order chi connectivity index (χ1) is 15.6. The maximum absolute atomic E-state index is 12.9. The summed E-state index contributed by atoms with van der Waals surface area (Å²) in [5.74, 6) is 1.40. The summed E-state index contributed by atoms with van der Waals surface area (Å²) in [7, 11) is 0. The Morgan fingerprint density at radius 1 is 0.719 bits per heavy atom. The Morgan fingerprint density at radius 2 is 1.12 bits per heavy atom. The molecule has 2 aromatic carbocycles. The lowest BCUT2D eigenvalue weighted by Gasteiger charge is -2.35. The lowest BCUT2D eigenvalue weighted by Crippen LogP contribution is -2.50. The van der Waals surface area contributed by atoms with Crippen LogP contribution in [0.1, 0.15) is 60.2 Å². The van der Waals surface area contributed by atoms with E-state index in [4.69, 9.17) is 9.47 Å². The van der Waals surface area contributed by atoms with Crippen LogP contribution < -0.4 is 9.47 Å². The molecular formula is C26H34N2O4. The standard InChI is InChI=1S/C26H34N2O4/c1-3-5-17-31-23-11-7-9-21(19-23)25(29)27-13-15-28(16-14-27)26(30)22-10-8-12-24(20-22)32-18-6-4-2/h7-12,19-20H,3-6,13-18H2,1-2H3. The van der Waals surface area contributed by atoms with Crippen LogP contribution in [-0.2, 0) is 0 Å². The summed E-state index contributed by atoms with van der Waals surface area (Å²) in [6.45, 7) is 7.59. The van der Waals surface area contributed by atoms with E-state index in [9.17, 15) is 9.59 Å². The highest BCUT2D eigenvalue weighted by molar-refractivity contribution is 5.96. The van der Waals surface area contributed by atoms with E-state index in [0.717, 1.165) is 37.2 Å². The first kappa shape index (κ1) is 23.6. The normalized spacial score (nSPS) is 13.7. The molecule has 1 saturated heterocycles. The Kier molecular flexibility index (Phi) is 8.96. The average Bonchev–Trinajstić information content (AvgIpc) is 2.84. The van der Waals surface area contributed by atoms with Crippen LogP contribution in [0.2, 0.25) is 0 Å². The van der Waals surface area contributed by atoms with E-state index in [1.54, 1.807) is 21.9 Å². The summed E-state index contributed by atoms with van der Waals surface area (Å²) >= 11 is 0. The van der Waals surface area contributed by atoms with Gasteiger partial charge >= 0.3 is 0 Å². The zero-order chi connectivity index (χ0) is 22.8. The third-order valence-electron chi connectivity index (χ3n) is 5.55. The molecule has 1 aliphatic rings. The van der Waals surface area contributed by atoms with Gasteiger partial charge in [0, 0.05) is 37.3 Å². The van der Waals surface area contributed by atoms with Gasteiger partial charge in [0.2, 0.25) is 0 Å². The Hall–Kier alpha value is -3.02. The quantitative estimate of drug-likeness (QED) is 0.507. The van der Waals surface area contributed by atoms with Crippen LogP contribution in [0.4, 0.5) is 0 Å². The fourth-order valence-electron chi connectivity index (χ4n) is 3.58. The maximum atomic E-state index is 12.9. The van der Waals surface area contributed by atoms with E-state index in [2.05, 4.69) is 13.8 Å². The summed E-state index contributed by atoms with van der Waals surface area (Å²) in [6, 6.07) is 14.7. The minimum atomic E-state index is -0.0237. The predicted octanol–water partition coefficient (Wildman–Crippen LogP) is 4.64. The zero-order valence-electron chi connectivity index (χ0n) is 19.2. The minimum absolute atomic E-state index is 0.0237. The summed E-state index contributed by atoms with van der Waals surface area (Å²) < 4.78 is 11.5. The molecule has 0 bridgehead atoms. The SMILES string of the molecule is CCCCOc1cccc(C(=O)N2CCN(C(=O)c3cccc(OCCCC)c3)CC2)c1. The van der Waals surface area contributed by atoms with Gasteiger partial charge in [-0.1, -0.05) is 38.8 Å². The van der Waals surface area contributed by atoms with Gasteiger partial charge in [0.25, 0.3) is 11.8 Å². The molecule has 3 rings (SSSR count). The number of hydrogen-bond acceptors (Lipinski definition) is 4. The van der Waals surface area contributed by atoms with E-state index >= 15 is 0 Å². The second kappa shape index (κ2) is 12.1. The van der Waals surface area contributed by atoms with Crippen LogP contribution >= 0.6 is 0 Å². The van der Waals surface area contributed by atoms with E-state index in [0.29, 0.717) is 50.5 Å². The lowest BCUT2D eigenvalue weighted by atomic mass is 10.1. The van der Waals surface area contributed by atoms with Crippen LogP contribution in [0.15, 0.2) is 48.5 Å². The van der Waals surface area contributed by atoms with Crippen molar-refractivity contribution in [1.29, 1.82) is 0 Å². The number of amides is 2. The molecule has 0 saturated carbocycles. The number of unbranched alkanes of at least 4 members (excludes halogenated alkanes) is 2. The van der Waals surface area contributed by atoms with Gasteiger partial charge in [-0.25, -0.2) is 0 Å². The largest absolute Gasteiger partial charge is 0.494 e. The number of piperazine rings is 1. The van der Waals surface area contributed by atoms with E-state index < -0.39 is 0 Å². The number of benzene rings is 2. The average molecular weight is 439 g/mol. The first-order valence-electron chi connectivity index (χ1n) is 11.7. The molecule has 0 spiro atoms. The zero-order valence-corrected chi connectivity index (χ0v) is 19.2. The molecule has 0 aromatic heterocycles. The highest BCUT2D eigenvalue weighted by atomic mass is 16.5. The fraction of sp³-hybridized carbons (Fsp3) is 0.462. The van der Waals surface area contributed by atoms with Gasteiger partial charge in [-0.2, -0.15) is 0 Å². The van der Waals surface area contributed by atoms with Crippen LogP contribution in [0, 0.1) is 0 Å². The maximum Gasteiger partial charge on any atom is 0.254 e. The molecule has 6 nitrogen and oxygen atoms in total. The molecule has 2 amide bonds. The van der Waals surface area contributed by atoms with Crippen LogP contribution in [-0.4, -0.2) is 61.0 Å². The third-order valence-corrected chi connectivity index (χ3v) is 5.55. The van der Waals surface area contributed by atoms with E-state index in [1.165, 1.54) is 0 Å². The lowest BCUT2D eigenvalue weighted by molar-refractivity contribution is 0.0535. The molecule has 1 aliphatic heterocycles. The molecule has 0 unspecified atom stereocenters. The Bertz CT molecular complexity index is 817. The first-order valence-corrected chi connectivity index (χ1v) is 11.7. The molecule has 0 N–H and O–H groups in total. The van der Waals surface area contributed by atoms with Crippen LogP contribution in [0.5, 0.6) is 11.5 Å². The third kappa shape index (κ3) is 6.49. The van der Waals surface area contributed by atoms with Crippen molar-refractivity contribution in [3.8, 4) is 11.5 Å². The Balaban J connectivity index is 1.54. The van der Waals surface area contributed by atoms with Crippen molar-refractivity contribution in [2.45, 2.75) is 39.5 Å². The summed E-state index contributed by atoms with van der Waals surface area (Å²) in [6.07, 6.45) is 4.11. The summed E-state index contributed by atoms with van der Waals surface area (Å²) in [4.78, 5) is 29.5. The Morgan fingerprint density at radius 3 is 1.50 bits per heavy atom. The summed E-state index contributed by atoms with van der Waals surface area (Å²) in [5.41, 5.74) is 1.24. The molecule has 6 heteroatoms. The van der Waals surface area contributed by atoms with Crippen molar-refractivity contribution in [2.75, 3.05) is 39.4 Å². The van der Waals surface area contributed by atoms with Crippen LogP contribution in [0.25, 0.3) is 0 Å². The van der Waals surface area contributed by atoms with Crippen molar-refractivity contribution in [2.24, 2.45) is 0 Å². The van der Waals surface area contributed by atoms with Gasteiger partial charge < -0.3 is 19.3 Å². The minimum Gasteiger partial charge on any atom is -0.494 e. The van der Waals surface area contributed by atoms with Crippen molar-refractivity contribution in [3.63, 3.8) is 0 Å². The molecule has 0 aliphatic carbocycles. The monoisotopic (exact) mass is 438 g/mol. The fourth-order valence-corrected chi connectivity index (χ4v) is 3.58. The van der Waals surface area contributed by atoms with E-state index in [1.807, 2.05) is 36.4 Å². The number of nitrogens with zero attached hydrogens (tertiary/aromatic N) is 2.